The maximum Gasteiger partial charge on any atom is 1.00 e. The van der Waals surface area contributed by atoms with Gasteiger partial charge in [0, 0.05) is 0 Å². The first kappa shape index (κ1) is 12.8. The number of hydrogen-bond acceptors (Lipinski definition) is 2. The number of hydrogen-bond donors (Lipinski definition) is 0. The summed E-state index contributed by atoms with van der Waals surface area (Å²) in [5.74, 6) is -1.18. The van der Waals surface area contributed by atoms with Gasteiger partial charge in [-0.05, 0) is 11.6 Å². The van der Waals surface area contributed by atoms with Crippen LogP contribution in [0.4, 0.5) is 0 Å². The molecule has 66 valence electrons. The summed E-state index contributed by atoms with van der Waals surface area (Å²) in [6.07, 6.45) is 5.90. The van der Waals surface area contributed by atoms with Crippen LogP contribution in [0.5, 0.6) is 0 Å². The summed E-state index contributed by atoms with van der Waals surface area (Å²) in [6.45, 7) is 0. The van der Waals surface area contributed by atoms with Crippen molar-refractivity contribution in [2.75, 3.05) is 0 Å². The number of carboxylic acid groups (broad SMARTS) is 1. The molecule has 0 spiro atoms. The molecule has 0 heterocycles. The van der Waals surface area contributed by atoms with Crippen molar-refractivity contribution < 1.29 is 28.8 Å². The zero-order chi connectivity index (χ0) is 9.52. The molecule has 0 aliphatic rings. The van der Waals surface area contributed by atoms with Crippen LogP contribution in [0.3, 0.4) is 0 Å². The fraction of sp³-hybridized carbons (Fsp3) is 0. The van der Waals surface area contributed by atoms with Gasteiger partial charge >= 0.3 is 18.9 Å². The molecule has 0 N–H and O–H groups in total. The summed E-state index contributed by atoms with van der Waals surface area (Å²) in [6, 6.07) is 9.63. The number of rotatable bonds is 3. The van der Waals surface area contributed by atoms with Crippen LogP contribution in [0, 0.1) is 0 Å². The van der Waals surface area contributed by atoms with E-state index in [4.69, 9.17) is 0 Å². The molecular formula is C11H9LiO2. The van der Waals surface area contributed by atoms with Crippen molar-refractivity contribution in [2.24, 2.45) is 0 Å². The molecule has 0 atom stereocenters. The summed E-state index contributed by atoms with van der Waals surface area (Å²) in [7, 11) is 0. The molecule has 0 aliphatic heterocycles. The monoisotopic (exact) mass is 180 g/mol. The molecular weight excluding hydrogens is 171 g/mol. The standard InChI is InChI=1S/C11H10O2.Li/c12-11(13)9-5-4-8-10-6-2-1-3-7-10;/h1-9H,(H,12,13);/q;+1/p-1. The average Bonchev–Trinajstić information content (AvgIpc) is 2.14. The third-order valence-electron chi connectivity index (χ3n) is 1.43. The summed E-state index contributed by atoms with van der Waals surface area (Å²) >= 11 is 0. The molecule has 0 radical (unpaired) electrons. The largest absolute Gasteiger partial charge is 1.00 e. The van der Waals surface area contributed by atoms with Gasteiger partial charge in [0.1, 0.15) is 0 Å². The Balaban J connectivity index is 0.00000169. The van der Waals surface area contributed by atoms with Crippen LogP contribution in [0.25, 0.3) is 6.08 Å². The Bertz CT molecular complexity index is 328. The fourth-order valence-corrected chi connectivity index (χ4v) is 0.865. The van der Waals surface area contributed by atoms with Crippen LogP contribution in [-0.2, 0) is 4.79 Å². The molecule has 0 fully saturated rings. The van der Waals surface area contributed by atoms with Gasteiger partial charge in [-0.3, -0.25) is 0 Å². The van der Waals surface area contributed by atoms with E-state index in [2.05, 4.69) is 0 Å². The van der Waals surface area contributed by atoms with Gasteiger partial charge in [-0.1, -0.05) is 48.6 Å². The van der Waals surface area contributed by atoms with Crippen LogP contribution in [0.1, 0.15) is 5.56 Å². The first-order chi connectivity index (χ1) is 6.29. The molecule has 0 unspecified atom stereocenters. The van der Waals surface area contributed by atoms with E-state index in [-0.39, 0.29) is 18.9 Å². The third kappa shape index (κ3) is 5.42. The Hall–Kier alpha value is -1.23. The van der Waals surface area contributed by atoms with Gasteiger partial charge in [-0.25, -0.2) is 0 Å². The van der Waals surface area contributed by atoms with E-state index in [0.29, 0.717) is 0 Å². The van der Waals surface area contributed by atoms with Crippen molar-refractivity contribution in [2.45, 2.75) is 0 Å². The minimum atomic E-state index is -1.18. The molecule has 0 amide bonds. The van der Waals surface area contributed by atoms with E-state index in [1.165, 1.54) is 6.08 Å². The van der Waals surface area contributed by atoms with Crippen LogP contribution in [0.15, 0.2) is 48.6 Å². The number of carbonyl (C=O) groups is 1. The summed E-state index contributed by atoms with van der Waals surface area (Å²) in [5.41, 5.74) is 1.03. The number of aliphatic carboxylic acids is 1. The Labute approximate surface area is 95.1 Å². The van der Waals surface area contributed by atoms with Crippen molar-refractivity contribution >= 4 is 12.0 Å². The van der Waals surface area contributed by atoms with Crippen molar-refractivity contribution in [3.05, 3.63) is 54.1 Å². The molecule has 2 nitrogen and oxygen atoms in total. The zero-order valence-corrected chi connectivity index (χ0v) is 8.01. The van der Waals surface area contributed by atoms with Crippen LogP contribution >= 0.6 is 0 Å². The number of carboxylic acids is 1. The SMILES string of the molecule is O=C([O-])C=CC=Cc1ccccc1.[Li+]. The second-order valence-corrected chi connectivity index (χ2v) is 2.45. The van der Waals surface area contributed by atoms with Crippen molar-refractivity contribution in [1.29, 1.82) is 0 Å². The van der Waals surface area contributed by atoms with Crippen molar-refractivity contribution in [3.63, 3.8) is 0 Å². The topological polar surface area (TPSA) is 40.1 Å². The number of allylic oxidation sites excluding steroid dienone is 2. The van der Waals surface area contributed by atoms with E-state index in [9.17, 15) is 9.90 Å². The summed E-state index contributed by atoms with van der Waals surface area (Å²) < 4.78 is 0. The van der Waals surface area contributed by atoms with Crippen LogP contribution < -0.4 is 24.0 Å². The molecule has 0 bridgehead atoms. The first-order valence-electron chi connectivity index (χ1n) is 3.90. The Morgan fingerprint density at radius 2 is 1.79 bits per heavy atom. The van der Waals surface area contributed by atoms with Gasteiger partial charge in [0.05, 0.1) is 5.97 Å². The van der Waals surface area contributed by atoms with Gasteiger partial charge in [-0.2, -0.15) is 0 Å². The second kappa shape index (κ2) is 7.20. The van der Waals surface area contributed by atoms with Crippen LogP contribution in [-0.4, -0.2) is 5.97 Å². The van der Waals surface area contributed by atoms with E-state index in [1.54, 1.807) is 6.08 Å². The van der Waals surface area contributed by atoms with Crippen LogP contribution in [0.2, 0.25) is 0 Å². The van der Waals surface area contributed by atoms with Crippen molar-refractivity contribution in [1.82, 2.24) is 0 Å². The maximum atomic E-state index is 9.98. The molecule has 0 aromatic heterocycles. The van der Waals surface area contributed by atoms with E-state index >= 15 is 0 Å². The van der Waals surface area contributed by atoms with Gasteiger partial charge in [0.25, 0.3) is 0 Å². The predicted octanol–water partition coefficient (Wildman–Crippen LogP) is -1.99. The normalized spacial score (nSPS) is 10.3. The van der Waals surface area contributed by atoms with Gasteiger partial charge in [0.15, 0.2) is 0 Å². The molecule has 1 aromatic carbocycles. The van der Waals surface area contributed by atoms with E-state index in [1.807, 2.05) is 36.4 Å². The fourth-order valence-electron chi connectivity index (χ4n) is 0.865. The molecule has 3 heteroatoms. The van der Waals surface area contributed by atoms with Gasteiger partial charge < -0.3 is 9.90 Å². The molecule has 1 rings (SSSR count). The van der Waals surface area contributed by atoms with Gasteiger partial charge in [-0.15, -0.1) is 0 Å². The van der Waals surface area contributed by atoms with E-state index in [0.717, 1.165) is 11.6 Å². The van der Waals surface area contributed by atoms with Gasteiger partial charge in [0.2, 0.25) is 0 Å². The zero-order valence-electron chi connectivity index (χ0n) is 8.01. The Morgan fingerprint density at radius 3 is 2.36 bits per heavy atom. The first-order valence-corrected chi connectivity index (χ1v) is 3.90. The maximum absolute atomic E-state index is 9.98. The molecule has 0 saturated carbocycles. The second-order valence-electron chi connectivity index (χ2n) is 2.45. The average molecular weight is 180 g/mol. The smallest absolute Gasteiger partial charge is 0.545 e. The minimum absolute atomic E-state index is 0. The molecule has 1 aromatic rings. The number of carbonyl (C=O) groups excluding carboxylic acids is 1. The Kier molecular flexibility index (Phi) is 6.56. The van der Waals surface area contributed by atoms with Crippen molar-refractivity contribution in [3.8, 4) is 0 Å². The minimum Gasteiger partial charge on any atom is -0.545 e. The summed E-state index contributed by atoms with van der Waals surface area (Å²) in [4.78, 5) is 9.98. The number of benzene rings is 1. The third-order valence-corrected chi connectivity index (χ3v) is 1.43. The van der Waals surface area contributed by atoms with E-state index < -0.39 is 5.97 Å². The predicted molar refractivity (Wildman–Crippen MR) is 49.6 cm³/mol. The quantitative estimate of drug-likeness (QED) is 0.307. The summed E-state index contributed by atoms with van der Waals surface area (Å²) in [5, 5.41) is 9.98. The molecule has 0 saturated heterocycles. The molecule has 0 aliphatic carbocycles. The molecule has 14 heavy (non-hydrogen) atoms. The Morgan fingerprint density at radius 1 is 1.14 bits per heavy atom.